The van der Waals surface area contributed by atoms with Crippen molar-refractivity contribution in [3.8, 4) is 11.8 Å². The molecule has 1 fully saturated rings. The molecule has 0 spiro atoms. The maximum atomic E-state index is 16.1. The van der Waals surface area contributed by atoms with Gasteiger partial charge in [0.05, 0.1) is 41.5 Å². The van der Waals surface area contributed by atoms with E-state index >= 15 is 8.78 Å². The van der Waals surface area contributed by atoms with E-state index in [1.54, 1.807) is 27.8 Å². The smallest absolute Gasteiger partial charge is 0.338 e. The van der Waals surface area contributed by atoms with Gasteiger partial charge in [-0.3, -0.25) is 9.59 Å². The number of methoxy groups -OCH3 is 1. The molecule has 0 radical (unpaired) electrons. The Balaban J connectivity index is 0.00000930. The third-order valence-electron chi connectivity index (χ3n) is 10.0. The summed E-state index contributed by atoms with van der Waals surface area (Å²) in [7, 11) is 2.94. The quantitative estimate of drug-likeness (QED) is 0.0913. The number of nitrogens with one attached hydrogen (secondary N) is 4. The van der Waals surface area contributed by atoms with Crippen LogP contribution >= 0.6 is 35.6 Å². The van der Waals surface area contributed by atoms with Crippen LogP contribution in [0.25, 0.3) is 0 Å². The van der Waals surface area contributed by atoms with Crippen LogP contribution < -0.4 is 26.0 Å². The van der Waals surface area contributed by atoms with Crippen LogP contribution in [0, 0.1) is 34.3 Å². The summed E-state index contributed by atoms with van der Waals surface area (Å²) in [6.07, 6.45) is 0.273. The van der Waals surface area contributed by atoms with Gasteiger partial charge in [-0.25, -0.2) is 18.4 Å². The fourth-order valence-corrected chi connectivity index (χ4v) is 7.39. The van der Waals surface area contributed by atoms with E-state index < -0.39 is 70.4 Å². The number of ether oxygens (including phenoxy) is 3. The number of carbonyl (C=O) groups excluding carboxylic acids is 4. The maximum Gasteiger partial charge on any atom is 0.338 e. The van der Waals surface area contributed by atoms with Crippen molar-refractivity contribution in [2.75, 3.05) is 32.7 Å². The van der Waals surface area contributed by atoms with Gasteiger partial charge in [0.25, 0.3) is 0 Å². The number of esters is 2. The fraction of sp³-hybridized carbons (Fsp3) is 0.452. The van der Waals surface area contributed by atoms with Crippen LogP contribution in [0.1, 0.15) is 75.4 Å². The molecule has 1 aliphatic heterocycles. The van der Waals surface area contributed by atoms with Gasteiger partial charge in [-0.15, -0.1) is 12.4 Å². The molecule has 1 aliphatic rings. The summed E-state index contributed by atoms with van der Waals surface area (Å²) in [5.74, 6) is -5.73. The lowest BCUT2D eigenvalue weighted by atomic mass is 9.62. The second-order valence-electron chi connectivity index (χ2n) is 15.6. The van der Waals surface area contributed by atoms with E-state index in [-0.39, 0.29) is 82.0 Å². The van der Waals surface area contributed by atoms with Crippen molar-refractivity contribution < 1.29 is 42.2 Å². The first kappa shape index (κ1) is 48.8. The zero-order valence-corrected chi connectivity index (χ0v) is 36.3. The number of nitrogens with zero attached hydrogens (tertiary/aromatic N) is 1. The number of carbonyl (C=O) groups is 4. The standard InChI is InChI=1S/C42H49Cl2F2N5O7.ClH/c1-22(2)35(51-37(52)23(3)48-7)40(55)58-17-16-57-39(54)24-12-15-30(31(18-24)56-8)49-38(53)36-33(26-10-9-11-28(44)34(26)46)42(21-47,32(50-36)20-41(4,5)6)27-14-13-25(43)19-29(27)45;/h9-15,18-19,22-23,32-33,35-36,48,50H,16-17,20H2,1-8H3,(H,49,53)(H,51,52);1H/t23-,32-,33-,35-,36+,42-;/m0./s1. The van der Waals surface area contributed by atoms with E-state index in [2.05, 4.69) is 27.3 Å². The highest BCUT2D eigenvalue weighted by Crippen LogP contribution is 2.53. The van der Waals surface area contributed by atoms with Gasteiger partial charge < -0.3 is 35.5 Å². The molecular weight excluding hydrogens is 831 g/mol. The SMILES string of the molecule is CN[C@@H](C)C(=O)N[C@H](C(=O)OCCOC(=O)c1ccc(NC(=O)[C@@H]2N[C@@H](CC(C)(C)C)[C@](C#N)(c3ccc(Cl)cc3F)[C@H]2c2cccc(Cl)c2F)c(OC)c1)C(C)C.Cl. The maximum absolute atomic E-state index is 16.1. The molecule has 2 amide bonds. The van der Waals surface area contributed by atoms with Crippen molar-refractivity contribution in [3.63, 3.8) is 0 Å². The summed E-state index contributed by atoms with van der Waals surface area (Å²) in [4.78, 5) is 52.4. The van der Waals surface area contributed by atoms with Gasteiger partial charge in [0.2, 0.25) is 11.8 Å². The van der Waals surface area contributed by atoms with Crippen LogP contribution in [-0.2, 0) is 29.3 Å². The van der Waals surface area contributed by atoms with Crippen molar-refractivity contribution in [3.05, 3.63) is 93.0 Å². The molecule has 3 aromatic carbocycles. The summed E-state index contributed by atoms with van der Waals surface area (Å²) < 4.78 is 48.1. The molecule has 17 heteroatoms. The first-order valence-electron chi connectivity index (χ1n) is 18.7. The number of nitriles is 1. The number of likely N-dealkylation sites (N-methyl/N-ethyl adjacent to an activating group) is 1. The van der Waals surface area contributed by atoms with Crippen LogP contribution in [0.4, 0.5) is 14.5 Å². The van der Waals surface area contributed by atoms with Crippen molar-refractivity contribution in [2.24, 2.45) is 11.3 Å². The number of rotatable bonds is 15. The molecule has 0 aliphatic carbocycles. The number of halogens is 5. The molecule has 3 aromatic rings. The third-order valence-corrected chi connectivity index (χ3v) is 10.6. The van der Waals surface area contributed by atoms with Crippen LogP contribution in [0.2, 0.25) is 10.0 Å². The highest BCUT2D eigenvalue weighted by molar-refractivity contribution is 6.31. The molecule has 1 heterocycles. The van der Waals surface area contributed by atoms with E-state index in [0.717, 1.165) is 6.07 Å². The average Bonchev–Trinajstić information content (AvgIpc) is 3.48. The lowest BCUT2D eigenvalue weighted by Crippen LogP contribution is -2.51. The monoisotopic (exact) mass is 879 g/mol. The predicted molar refractivity (Wildman–Crippen MR) is 223 cm³/mol. The molecular formula is C42H50Cl3F2N5O7. The topological polar surface area (TPSA) is 168 Å². The minimum atomic E-state index is -1.84. The molecule has 12 nitrogen and oxygen atoms in total. The van der Waals surface area contributed by atoms with Gasteiger partial charge >= 0.3 is 11.9 Å². The van der Waals surface area contributed by atoms with Gasteiger partial charge in [-0.1, -0.05) is 76.0 Å². The molecule has 0 unspecified atom stereocenters. The largest absolute Gasteiger partial charge is 0.495 e. The van der Waals surface area contributed by atoms with E-state index in [9.17, 15) is 24.4 Å². The molecule has 6 atom stereocenters. The van der Waals surface area contributed by atoms with Crippen molar-refractivity contribution >= 4 is 65.0 Å². The Morgan fingerprint density at radius 2 is 1.68 bits per heavy atom. The fourth-order valence-electron chi connectivity index (χ4n) is 7.05. The van der Waals surface area contributed by atoms with Crippen molar-refractivity contribution in [1.29, 1.82) is 5.26 Å². The molecule has 0 saturated carbocycles. The predicted octanol–water partition coefficient (Wildman–Crippen LogP) is 7.11. The zero-order chi connectivity index (χ0) is 43.1. The molecule has 0 aromatic heterocycles. The van der Waals surface area contributed by atoms with Crippen LogP contribution in [0.15, 0.2) is 54.6 Å². The Morgan fingerprint density at radius 1 is 1.00 bits per heavy atom. The highest BCUT2D eigenvalue weighted by Gasteiger charge is 2.61. The van der Waals surface area contributed by atoms with Crippen molar-refractivity contribution in [2.45, 2.75) is 83.5 Å². The van der Waals surface area contributed by atoms with E-state index in [1.165, 1.54) is 55.6 Å². The summed E-state index contributed by atoms with van der Waals surface area (Å²) in [6, 6.07) is 10.9. The summed E-state index contributed by atoms with van der Waals surface area (Å²) in [5.41, 5.74) is -2.26. The number of amides is 2. The molecule has 320 valence electrons. The van der Waals surface area contributed by atoms with Gasteiger partial charge in [0.1, 0.15) is 42.1 Å². The Morgan fingerprint density at radius 3 is 2.27 bits per heavy atom. The Kier molecular flexibility index (Phi) is 17.1. The molecule has 1 saturated heterocycles. The number of anilines is 1. The van der Waals surface area contributed by atoms with Gasteiger partial charge in [-0.2, -0.15) is 5.26 Å². The van der Waals surface area contributed by atoms with Gasteiger partial charge in [0.15, 0.2) is 0 Å². The van der Waals surface area contributed by atoms with E-state index in [0.29, 0.717) is 0 Å². The Bertz CT molecular complexity index is 2060. The average molecular weight is 881 g/mol. The minimum absolute atomic E-state index is 0. The van der Waals surface area contributed by atoms with Crippen LogP contribution in [0.5, 0.6) is 5.75 Å². The van der Waals surface area contributed by atoms with Crippen LogP contribution in [-0.4, -0.2) is 75.3 Å². The highest BCUT2D eigenvalue weighted by atomic mass is 35.5. The molecule has 4 rings (SSSR count). The van der Waals surface area contributed by atoms with E-state index in [4.69, 9.17) is 37.4 Å². The van der Waals surface area contributed by atoms with Crippen molar-refractivity contribution in [1.82, 2.24) is 16.0 Å². The van der Waals surface area contributed by atoms with Crippen LogP contribution in [0.3, 0.4) is 0 Å². The Hall–Kier alpha value is -4.52. The first-order chi connectivity index (χ1) is 27.3. The summed E-state index contributed by atoms with van der Waals surface area (Å²) in [5, 5.41) is 22.4. The Labute approximate surface area is 359 Å². The number of benzene rings is 3. The van der Waals surface area contributed by atoms with Gasteiger partial charge in [0, 0.05) is 22.5 Å². The summed E-state index contributed by atoms with van der Waals surface area (Å²) >= 11 is 12.4. The lowest BCUT2D eigenvalue weighted by Gasteiger charge is -2.37. The molecule has 0 bridgehead atoms. The number of hydrogen-bond acceptors (Lipinski definition) is 10. The molecule has 59 heavy (non-hydrogen) atoms. The zero-order valence-electron chi connectivity index (χ0n) is 34.0. The second-order valence-corrected chi connectivity index (χ2v) is 16.5. The lowest BCUT2D eigenvalue weighted by molar-refractivity contribution is -0.150. The molecule has 4 N–H and O–H groups in total. The normalized spacial score (nSPS) is 19.8. The minimum Gasteiger partial charge on any atom is -0.495 e. The second kappa shape index (κ2) is 20.6. The first-order valence-corrected chi connectivity index (χ1v) is 19.4. The summed E-state index contributed by atoms with van der Waals surface area (Å²) in [6.45, 7) is 10.4. The number of hydrogen-bond donors (Lipinski definition) is 4. The third kappa shape index (κ3) is 11.2. The van der Waals surface area contributed by atoms with E-state index in [1.807, 2.05) is 20.8 Å². The van der Waals surface area contributed by atoms with Gasteiger partial charge in [-0.05, 0) is 73.7 Å².